The Bertz CT molecular complexity index is 848. The molecule has 1 unspecified atom stereocenters. The van der Waals surface area contributed by atoms with Crippen molar-refractivity contribution in [3.63, 3.8) is 0 Å². The number of carbonyl (C=O) groups excluding carboxylic acids is 1. The largest absolute Gasteiger partial charge is 0.294 e. The highest BCUT2D eigenvalue weighted by Crippen LogP contribution is 2.26. The maximum atomic E-state index is 12.5. The molecule has 0 saturated heterocycles. The van der Waals surface area contributed by atoms with Gasteiger partial charge in [0, 0.05) is 12.0 Å². The van der Waals surface area contributed by atoms with Crippen LogP contribution in [0, 0.1) is 0 Å². The number of rotatable bonds is 6. The summed E-state index contributed by atoms with van der Waals surface area (Å²) >= 11 is 0. The van der Waals surface area contributed by atoms with Crippen LogP contribution in [-0.4, -0.2) is 5.78 Å². The van der Waals surface area contributed by atoms with Crippen molar-refractivity contribution in [1.29, 1.82) is 0 Å². The molecule has 0 aliphatic heterocycles. The molecule has 0 N–H and O–H groups in total. The summed E-state index contributed by atoms with van der Waals surface area (Å²) in [6, 6.07) is 28.1. The number of carbonyl (C=O) groups is 1. The highest BCUT2D eigenvalue weighted by atomic mass is 16.1. The van der Waals surface area contributed by atoms with Gasteiger partial charge < -0.3 is 0 Å². The molecule has 0 aromatic heterocycles. The Labute approximate surface area is 149 Å². The van der Waals surface area contributed by atoms with E-state index in [0.29, 0.717) is 6.42 Å². The third-order valence-electron chi connectivity index (χ3n) is 4.37. The molecule has 0 bridgehead atoms. The van der Waals surface area contributed by atoms with E-state index in [2.05, 4.69) is 43.3 Å². The molecule has 124 valence electrons. The van der Waals surface area contributed by atoms with E-state index in [4.69, 9.17) is 0 Å². The first-order valence-electron chi connectivity index (χ1n) is 8.64. The van der Waals surface area contributed by atoms with E-state index in [1.54, 1.807) is 0 Å². The Morgan fingerprint density at radius 1 is 0.800 bits per heavy atom. The average Bonchev–Trinajstić information content (AvgIpc) is 2.68. The number of benzene rings is 3. The Hall–Kier alpha value is -2.93. The van der Waals surface area contributed by atoms with Gasteiger partial charge in [0.2, 0.25) is 0 Å². The molecule has 3 aromatic carbocycles. The zero-order valence-electron chi connectivity index (χ0n) is 14.4. The second-order valence-corrected chi connectivity index (χ2v) is 6.27. The van der Waals surface area contributed by atoms with Crippen LogP contribution in [-0.2, 0) is 0 Å². The highest BCUT2D eigenvalue weighted by molar-refractivity contribution is 5.96. The zero-order chi connectivity index (χ0) is 17.5. The van der Waals surface area contributed by atoms with Crippen LogP contribution in [0.3, 0.4) is 0 Å². The Kier molecular flexibility index (Phi) is 5.58. The lowest BCUT2D eigenvalue weighted by Crippen LogP contribution is -2.06. The molecule has 3 aromatic rings. The van der Waals surface area contributed by atoms with Crippen molar-refractivity contribution in [3.05, 3.63) is 107 Å². The summed E-state index contributed by atoms with van der Waals surface area (Å²) in [6.07, 6.45) is 4.76. The summed E-state index contributed by atoms with van der Waals surface area (Å²) in [4.78, 5) is 12.5. The third kappa shape index (κ3) is 4.54. The van der Waals surface area contributed by atoms with Crippen LogP contribution >= 0.6 is 0 Å². The lowest BCUT2D eigenvalue weighted by atomic mass is 9.89. The van der Waals surface area contributed by atoms with Crippen molar-refractivity contribution in [3.8, 4) is 0 Å². The minimum Gasteiger partial charge on any atom is -0.294 e. The lowest BCUT2D eigenvalue weighted by Gasteiger charge is -2.14. The van der Waals surface area contributed by atoms with Crippen LogP contribution in [0.2, 0.25) is 0 Å². The molecule has 0 fully saturated rings. The minimum atomic E-state index is 0.171. The van der Waals surface area contributed by atoms with E-state index in [0.717, 1.165) is 5.56 Å². The summed E-state index contributed by atoms with van der Waals surface area (Å²) in [5, 5.41) is 0. The molecule has 1 nitrogen and oxygen atoms in total. The number of Topliss-reactive ketones (excluding diaryl/α,β-unsaturated/α-hetero) is 1. The molecule has 0 heterocycles. The summed E-state index contributed by atoms with van der Waals surface area (Å²) in [7, 11) is 0. The highest BCUT2D eigenvalue weighted by Gasteiger charge is 2.14. The van der Waals surface area contributed by atoms with Gasteiger partial charge in [0.05, 0.1) is 0 Å². The predicted molar refractivity (Wildman–Crippen MR) is 106 cm³/mol. The molecule has 0 aliphatic carbocycles. The fraction of sp³-hybridized carbons (Fsp3) is 0.125. The monoisotopic (exact) mass is 326 g/mol. The van der Waals surface area contributed by atoms with Gasteiger partial charge in [-0.25, -0.2) is 0 Å². The molecule has 0 radical (unpaired) electrons. The van der Waals surface area contributed by atoms with Gasteiger partial charge in [0.15, 0.2) is 5.78 Å². The van der Waals surface area contributed by atoms with Crippen LogP contribution in [0.25, 0.3) is 12.2 Å². The first kappa shape index (κ1) is 16.9. The van der Waals surface area contributed by atoms with Crippen LogP contribution < -0.4 is 0 Å². The Balaban J connectivity index is 1.78. The van der Waals surface area contributed by atoms with Gasteiger partial charge in [-0.3, -0.25) is 4.79 Å². The minimum absolute atomic E-state index is 0.171. The second kappa shape index (κ2) is 8.25. The van der Waals surface area contributed by atoms with Gasteiger partial charge >= 0.3 is 0 Å². The Morgan fingerprint density at radius 2 is 1.40 bits per heavy atom. The Morgan fingerprint density at radius 3 is 2.12 bits per heavy atom. The molecule has 0 amide bonds. The van der Waals surface area contributed by atoms with Crippen molar-refractivity contribution in [2.24, 2.45) is 0 Å². The molecule has 0 spiro atoms. The topological polar surface area (TPSA) is 17.1 Å². The van der Waals surface area contributed by atoms with Crippen LogP contribution in [0.1, 0.15) is 46.3 Å². The fourth-order valence-electron chi connectivity index (χ4n) is 2.99. The van der Waals surface area contributed by atoms with Crippen molar-refractivity contribution >= 4 is 17.9 Å². The first-order valence-corrected chi connectivity index (χ1v) is 8.64. The maximum absolute atomic E-state index is 12.5. The van der Waals surface area contributed by atoms with Gasteiger partial charge in [-0.1, -0.05) is 104 Å². The second-order valence-electron chi connectivity index (χ2n) is 6.27. The van der Waals surface area contributed by atoms with E-state index >= 15 is 0 Å². The van der Waals surface area contributed by atoms with Gasteiger partial charge in [-0.2, -0.15) is 0 Å². The van der Waals surface area contributed by atoms with E-state index < -0.39 is 0 Å². The first-order chi connectivity index (χ1) is 12.2. The SMILES string of the molecule is CC(CC(=O)c1ccccc1)c1ccccc1/C=C/c1ccccc1. The van der Waals surface area contributed by atoms with E-state index in [1.807, 2.05) is 60.7 Å². The molecular weight excluding hydrogens is 304 g/mol. The summed E-state index contributed by atoms with van der Waals surface area (Å²) in [6.45, 7) is 2.12. The number of ketones is 1. The lowest BCUT2D eigenvalue weighted by molar-refractivity contribution is 0.0975. The van der Waals surface area contributed by atoms with E-state index in [9.17, 15) is 4.79 Å². The normalized spacial score (nSPS) is 12.2. The summed E-state index contributed by atoms with van der Waals surface area (Å²) in [5.74, 6) is 0.360. The third-order valence-corrected chi connectivity index (χ3v) is 4.37. The number of hydrogen-bond donors (Lipinski definition) is 0. The molecule has 3 rings (SSSR count). The van der Waals surface area contributed by atoms with Gasteiger partial charge in [-0.15, -0.1) is 0 Å². The number of hydrogen-bond acceptors (Lipinski definition) is 1. The van der Waals surface area contributed by atoms with Gasteiger partial charge in [0.1, 0.15) is 0 Å². The standard InChI is InChI=1S/C24H22O/c1-19(18-24(25)22-13-6-3-7-14-22)23-15-9-8-12-21(23)17-16-20-10-4-2-5-11-20/h2-17,19H,18H2,1H3/b17-16+. The molecule has 0 aliphatic rings. The fourth-order valence-corrected chi connectivity index (χ4v) is 2.99. The molecule has 25 heavy (non-hydrogen) atoms. The van der Waals surface area contributed by atoms with Crippen molar-refractivity contribution in [2.45, 2.75) is 19.3 Å². The van der Waals surface area contributed by atoms with Gasteiger partial charge in [-0.05, 0) is 22.6 Å². The van der Waals surface area contributed by atoms with Crippen molar-refractivity contribution in [1.82, 2.24) is 0 Å². The summed E-state index contributed by atoms with van der Waals surface area (Å²) < 4.78 is 0. The van der Waals surface area contributed by atoms with Crippen LogP contribution in [0.4, 0.5) is 0 Å². The molecular formula is C24H22O. The molecule has 0 saturated carbocycles. The maximum Gasteiger partial charge on any atom is 0.163 e. The molecule has 1 atom stereocenters. The van der Waals surface area contributed by atoms with E-state index in [1.165, 1.54) is 16.7 Å². The van der Waals surface area contributed by atoms with E-state index in [-0.39, 0.29) is 11.7 Å². The molecule has 1 heteroatoms. The van der Waals surface area contributed by atoms with Gasteiger partial charge in [0.25, 0.3) is 0 Å². The van der Waals surface area contributed by atoms with Crippen molar-refractivity contribution in [2.75, 3.05) is 0 Å². The van der Waals surface area contributed by atoms with Crippen molar-refractivity contribution < 1.29 is 4.79 Å². The smallest absolute Gasteiger partial charge is 0.163 e. The quantitative estimate of drug-likeness (QED) is 0.387. The zero-order valence-corrected chi connectivity index (χ0v) is 14.4. The average molecular weight is 326 g/mol. The predicted octanol–water partition coefficient (Wildman–Crippen LogP) is 6.23. The van der Waals surface area contributed by atoms with Crippen LogP contribution in [0.15, 0.2) is 84.9 Å². The summed E-state index contributed by atoms with van der Waals surface area (Å²) in [5.41, 5.74) is 4.33. The van der Waals surface area contributed by atoms with Crippen LogP contribution in [0.5, 0.6) is 0 Å².